The fourth-order valence-electron chi connectivity index (χ4n) is 2.31. The summed E-state index contributed by atoms with van der Waals surface area (Å²) in [5.74, 6) is 0.333. The van der Waals surface area contributed by atoms with Crippen molar-refractivity contribution in [3.05, 3.63) is 16.8 Å². The zero-order valence-electron chi connectivity index (χ0n) is 14.4. The van der Waals surface area contributed by atoms with Gasteiger partial charge in [0.15, 0.2) is 6.29 Å². The molecular formula is C16H23N3O4S. The number of rotatable bonds is 9. The van der Waals surface area contributed by atoms with Crippen molar-refractivity contribution in [3.8, 4) is 0 Å². The molecule has 2 rings (SSSR count). The highest BCUT2D eigenvalue weighted by atomic mass is 32.1. The zero-order valence-corrected chi connectivity index (χ0v) is 15.2. The number of carbonyl (C=O) groups excluding carboxylic acids is 1. The molecule has 0 aliphatic carbocycles. The molecule has 0 spiro atoms. The van der Waals surface area contributed by atoms with Crippen molar-refractivity contribution in [2.45, 2.75) is 34.0 Å². The molecule has 0 unspecified atom stereocenters. The maximum atomic E-state index is 12.1. The summed E-state index contributed by atoms with van der Waals surface area (Å²) in [7, 11) is 0. The quantitative estimate of drug-likeness (QED) is 0.548. The fraction of sp³-hybridized carbons (Fsp3) is 0.562. The molecule has 8 heteroatoms. The Bertz CT molecular complexity index is 683. The van der Waals surface area contributed by atoms with E-state index in [0.29, 0.717) is 37.1 Å². The normalized spacial score (nSPS) is 11.2. The molecule has 0 radical (unpaired) electrons. The van der Waals surface area contributed by atoms with Gasteiger partial charge in [0.2, 0.25) is 0 Å². The van der Waals surface area contributed by atoms with Crippen LogP contribution in [0.25, 0.3) is 10.2 Å². The lowest BCUT2D eigenvalue weighted by atomic mass is 10.2. The molecule has 0 amide bonds. The molecule has 0 saturated carbocycles. The highest BCUT2D eigenvalue weighted by Gasteiger charge is 2.20. The third-order valence-electron chi connectivity index (χ3n) is 3.33. The van der Waals surface area contributed by atoms with Gasteiger partial charge < -0.3 is 19.5 Å². The van der Waals surface area contributed by atoms with E-state index in [2.05, 4.69) is 15.3 Å². The van der Waals surface area contributed by atoms with E-state index in [9.17, 15) is 4.79 Å². The Balaban J connectivity index is 2.25. The van der Waals surface area contributed by atoms with Crippen LogP contribution in [0.5, 0.6) is 0 Å². The standard InChI is InChI=1S/C16H23N3O4S/c1-5-21-11(22-6-2)8-17-14-12-10(4)13(16(20)23-7-3)24-15(12)19-9-18-14/h9,11H,5-8H2,1-4H3,(H,17,18,19). The molecule has 2 aromatic rings. The molecule has 24 heavy (non-hydrogen) atoms. The van der Waals surface area contributed by atoms with Gasteiger partial charge in [0.25, 0.3) is 0 Å². The number of nitrogens with zero attached hydrogens (tertiary/aromatic N) is 2. The van der Waals surface area contributed by atoms with Crippen LogP contribution < -0.4 is 5.32 Å². The summed E-state index contributed by atoms with van der Waals surface area (Å²) in [5.41, 5.74) is 0.820. The third kappa shape index (κ3) is 4.19. The molecule has 0 bridgehead atoms. The van der Waals surface area contributed by atoms with Crippen LogP contribution in [0.2, 0.25) is 0 Å². The van der Waals surface area contributed by atoms with Gasteiger partial charge in [-0.05, 0) is 33.3 Å². The summed E-state index contributed by atoms with van der Waals surface area (Å²) >= 11 is 1.31. The fourth-order valence-corrected chi connectivity index (χ4v) is 3.36. The van der Waals surface area contributed by atoms with Gasteiger partial charge in [-0.15, -0.1) is 11.3 Å². The summed E-state index contributed by atoms with van der Waals surface area (Å²) in [4.78, 5) is 21.9. The minimum atomic E-state index is -0.353. The van der Waals surface area contributed by atoms with E-state index in [1.165, 1.54) is 17.7 Å². The molecule has 0 atom stereocenters. The first kappa shape index (κ1) is 18.6. The minimum absolute atomic E-state index is 0.328. The number of hydrogen-bond acceptors (Lipinski definition) is 8. The minimum Gasteiger partial charge on any atom is -0.462 e. The first-order valence-corrected chi connectivity index (χ1v) is 8.82. The van der Waals surface area contributed by atoms with E-state index in [1.807, 2.05) is 20.8 Å². The average Bonchev–Trinajstić information content (AvgIpc) is 2.91. The second kappa shape index (κ2) is 8.91. The Kier molecular flexibility index (Phi) is 6.89. The van der Waals surface area contributed by atoms with Gasteiger partial charge in [-0.1, -0.05) is 0 Å². The summed E-state index contributed by atoms with van der Waals surface area (Å²) in [5, 5.41) is 4.07. The Morgan fingerprint density at radius 2 is 1.92 bits per heavy atom. The van der Waals surface area contributed by atoms with Crippen LogP contribution in [0.15, 0.2) is 6.33 Å². The van der Waals surface area contributed by atoms with Crippen molar-refractivity contribution in [3.63, 3.8) is 0 Å². The van der Waals surface area contributed by atoms with Gasteiger partial charge in [-0.3, -0.25) is 0 Å². The van der Waals surface area contributed by atoms with Gasteiger partial charge in [0.05, 0.1) is 18.5 Å². The van der Waals surface area contributed by atoms with Crippen molar-refractivity contribution in [2.24, 2.45) is 0 Å². The summed E-state index contributed by atoms with van der Waals surface area (Å²) in [6, 6.07) is 0. The number of nitrogens with one attached hydrogen (secondary N) is 1. The predicted octanol–water partition coefficient (Wildman–Crippen LogP) is 2.99. The van der Waals surface area contributed by atoms with E-state index in [-0.39, 0.29) is 12.3 Å². The predicted molar refractivity (Wildman–Crippen MR) is 93.6 cm³/mol. The van der Waals surface area contributed by atoms with Crippen LogP contribution in [0, 0.1) is 6.92 Å². The van der Waals surface area contributed by atoms with Crippen LogP contribution in [0.3, 0.4) is 0 Å². The number of ether oxygens (including phenoxy) is 3. The molecular weight excluding hydrogens is 330 g/mol. The van der Waals surface area contributed by atoms with Crippen LogP contribution in [-0.4, -0.2) is 48.6 Å². The molecule has 0 fully saturated rings. The van der Waals surface area contributed by atoms with Gasteiger partial charge in [-0.25, -0.2) is 14.8 Å². The number of hydrogen-bond donors (Lipinski definition) is 1. The second-order valence-electron chi connectivity index (χ2n) is 4.90. The Hall–Kier alpha value is -1.77. The third-order valence-corrected chi connectivity index (χ3v) is 4.51. The first-order chi connectivity index (χ1) is 11.6. The first-order valence-electron chi connectivity index (χ1n) is 8.00. The SMILES string of the molecule is CCOC(=O)c1sc2ncnc(NCC(OCC)OCC)c2c1C. The maximum absolute atomic E-state index is 12.1. The van der Waals surface area contributed by atoms with E-state index < -0.39 is 0 Å². The monoisotopic (exact) mass is 353 g/mol. The summed E-state index contributed by atoms with van der Waals surface area (Å²) in [6.07, 6.45) is 1.12. The molecule has 2 aromatic heterocycles. The molecule has 0 aliphatic heterocycles. The Labute approximate surface area is 145 Å². The van der Waals surface area contributed by atoms with Crippen LogP contribution in [0.4, 0.5) is 5.82 Å². The molecule has 0 aliphatic rings. The topological polar surface area (TPSA) is 82.6 Å². The van der Waals surface area contributed by atoms with Crippen LogP contribution in [0.1, 0.15) is 36.0 Å². The van der Waals surface area contributed by atoms with Crippen molar-refractivity contribution < 1.29 is 19.0 Å². The summed E-state index contributed by atoms with van der Waals surface area (Å²) in [6.45, 7) is 9.43. The summed E-state index contributed by atoms with van der Waals surface area (Å²) < 4.78 is 16.1. The molecule has 132 valence electrons. The Morgan fingerprint density at radius 1 is 1.21 bits per heavy atom. The molecule has 2 heterocycles. The van der Waals surface area contributed by atoms with E-state index >= 15 is 0 Å². The average molecular weight is 353 g/mol. The number of thiophene rings is 1. The molecule has 0 aromatic carbocycles. The van der Waals surface area contributed by atoms with Crippen LogP contribution in [-0.2, 0) is 14.2 Å². The number of carbonyl (C=O) groups is 1. The number of anilines is 1. The van der Waals surface area contributed by atoms with Crippen molar-refractivity contribution in [1.82, 2.24) is 9.97 Å². The van der Waals surface area contributed by atoms with Crippen LogP contribution >= 0.6 is 11.3 Å². The zero-order chi connectivity index (χ0) is 17.5. The molecule has 1 N–H and O–H groups in total. The highest BCUT2D eigenvalue weighted by Crippen LogP contribution is 2.33. The van der Waals surface area contributed by atoms with Crippen molar-refractivity contribution in [2.75, 3.05) is 31.7 Å². The molecule has 7 nitrogen and oxygen atoms in total. The van der Waals surface area contributed by atoms with E-state index in [1.54, 1.807) is 6.92 Å². The number of aromatic nitrogens is 2. The van der Waals surface area contributed by atoms with E-state index in [0.717, 1.165) is 15.8 Å². The number of aryl methyl sites for hydroxylation is 1. The smallest absolute Gasteiger partial charge is 0.348 e. The van der Waals surface area contributed by atoms with Gasteiger partial charge in [0.1, 0.15) is 21.9 Å². The number of esters is 1. The van der Waals surface area contributed by atoms with E-state index in [4.69, 9.17) is 14.2 Å². The Morgan fingerprint density at radius 3 is 2.54 bits per heavy atom. The lowest BCUT2D eigenvalue weighted by Crippen LogP contribution is -2.26. The lowest BCUT2D eigenvalue weighted by Gasteiger charge is -2.18. The van der Waals surface area contributed by atoms with Gasteiger partial charge in [0, 0.05) is 13.2 Å². The highest BCUT2D eigenvalue weighted by molar-refractivity contribution is 7.20. The lowest BCUT2D eigenvalue weighted by molar-refractivity contribution is -0.126. The van der Waals surface area contributed by atoms with Crippen molar-refractivity contribution in [1.29, 1.82) is 0 Å². The second-order valence-corrected chi connectivity index (χ2v) is 5.90. The van der Waals surface area contributed by atoms with Gasteiger partial charge in [-0.2, -0.15) is 0 Å². The largest absolute Gasteiger partial charge is 0.462 e. The van der Waals surface area contributed by atoms with Gasteiger partial charge >= 0.3 is 5.97 Å². The maximum Gasteiger partial charge on any atom is 0.348 e. The number of fused-ring (bicyclic) bond motifs is 1. The molecule has 0 saturated heterocycles. The van der Waals surface area contributed by atoms with Crippen molar-refractivity contribution >= 4 is 33.3 Å².